The fourth-order valence-corrected chi connectivity index (χ4v) is 1.91. The van der Waals surface area contributed by atoms with Gasteiger partial charge in [0.15, 0.2) is 0 Å². The molecule has 0 aliphatic heterocycles. The third-order valence-corrected chi connectivity index (χ3v) is 3.09. The summed E-state index contributed by atoms with van der Waals surface area (Å²) >= 11 is 1.57. The van der Waals surface area contributed by atoms with Gasteiger partial charge in [-0.05, 0) is 19.9 Å². The number of rotatable bonds is 5. The van der Waals surface area contributed by atoms with Crippen LogP contribution in [0.15, 0.2) is 5.38 Å². The van der Waals surface area contributed by atoms with E-state index in [0.717, 1.165) is 17.1 Å². The molecule has 1 rings (SSSR count). The molecule has 0 spiro atoms. The monoisotopic (exact) mass is 227 g/mol. The van der Waals surface area contributed by atoms with E-state index in [-0.39, 0.29) is 11.8 Å². The molecule has 0 radical (unpaired) electrons. The van der Waals surface area contributed by atoms with Crippen molar-refractivity contribution in [1.82, 2.24) is 10.3 Å². The predicted octanol–water partition coefficient (Wildman–Crippen LogP) is 1.05. The zero-order chi connectivity index (χ0) is 11.3. The summed E-state index contributed by atoms with van der Waals surface area (Å²) in [5.74, 6) is 0.0318. The predicted molar refractivity (Wildman–Crippen MR) is 61.5 cm³/mol. The summed E-state index contributed by atoms with van der Waals surface area (Å²) in [6.45, 7) is 4.89. The largest absolute Gasteiger partial charge is 0.349 e. The van der Waals surface area contributed by atoms with Crippen molar-refractivity contribution in [3.63, 3.8) is 0 Å². The van der Waals surface area contributed by atoms with Gasteiger partial charge < -0.3 is 11.1 Å². The smallest absolute Gasteiger partial charge is 0.223 e. The number of nitrogens with one attached hydrogen (secondary N) is 1. The number of carbonyl (C=O) groups is 1. The van der Waals surface area contributed by atoms with E-state index in [2.05, 4.69) is 10.3 Å². The van der Waals surface area contributed by atoms with Crippen molar-refractivity contribution in [1.29, 1.82) is 0 Å². The highest BCUT2D eigenvalue weighted by molar-refractivity contribution is 7.09. The third-order valence-electron chi connectivity index (χ3n) is 2.13. The topological polar surface area (TPSA) is 68.0 Å². The molecule has 5 heteroatoms. The maximum absolute atomic E-state index is 11.5. The molecule has 1 amide bonds. The third kappa shape index (κ3) is 3.97. The Hall–Kier alpha value is -0.940. The molecule has 3 N–H and O–H groups in total. The number of hydrogen-bond acceptors (Lipinski definition) is 4. The van der Waals surface area contributed by atoms with E-state index in [9.17, 15) is 4.79 Å². The van der Waals surface area contributed by atoms with Gasteiger partial charge in [0, 0.05) is 17.0 Å². The molecule has 1 heterocycles. The molecule has 4 nitrogen and oxygen atoms in total. The zero-order valence-corrected chi connectivity index (χ0v) is 9.93. The average Bonchev–Trinajstić information content (AvgIpc) is 2.61. The van der Waals surface area contributed by atoms with Crippen molar-refractivity contribution in [2.24, 2.45) is 11.7 Å². The van der Waals surface area contributed by atoms with Crippen LogP contribution in [-0.2, 0) is 11.3 Å². The number of aryl methyl sites for hydroxylation is 1. The Morgan fingerprint density at radius 1 is 1.73 bits per heavy atom. The summed E-state index contributed by atoms with van der Waals surface area (Å²) in [6, 6.07) is 0. The quantitative estimate of drug-likeness (QED) is 0.790. The first-order valence-electron chi connectivity index (χ1n) is 5.02. The molecule has 0 bridgehead atoms. The number of nitrogens with zero attached hydrogens (tertiary/aromatic N) is 1. The van der Waals surface area contributed by atoms with E-state index >= 15 is 0 Å². The number of nitrogens with two attached hydrogens (primary N) is 1. The van der Waals surface area contributed by atoms with Gasteiger partial charge in [0.1, 0.15) is 5.01 Å². The Morgan fingerprint density at radius 3 is 3.00 bits per heavy atom. The summed E-state index contributed by atoms with van der Waals surface area (Å²) in [6.07, 6.45) is 0.725. The van der Waals surface area contributed by atoms with Crippen LogP contribution in [0.3, 0.4) is 0 Å². The normalized spacial score (nSPS) is 12.5. The summed E-state index contributed by atoms with van der Waals surface area (Å²) in [5.41, 5.74) is 6.39. The van der Waals surface area contributed by atoms with Gasteiger partial charge >= 0.3 is 0 Å². The fourth-order valence-electron chi connectivity index (χ4n) is 1.20. The fraction of sp³-hybridized carbons (Fsp3) is 0.600. The number of aromatic nitrogens is 1. The van der Waals surface area contributed by atoms with Crippen LogP contribution < -0.4 is 11.1 Å². The Bertz CT molecular complexity index is 324. The lowest BCUT2D eigenvalue weighted by Crippen LogP contribution is -2.29. The van der Waals surface area contributed by atoms with Crippen molar-refractivity contribution in [2.45, 2.75) is 26.8 Å². The Kier molecular flexibility index (Phi) is 4.71. The van der Waals surface area contributed by atoms with E-state index in [1.807, 2.05) is 19.2 Å². The van der Waals surface area contributed by atoms with Crippen molar-refractivity contribution in [3.05, 3.63) is 16.1 Å². The minimum Gasteiger partial charge on any atom is -0.349 e. The van der Waals surface area contributed by atoms with E-state index in [1.165, 1.54) is 0 Å². The van der Waals surface area contributed by atoms with Gasteiger partial charge in [-0.3, -0.25) is 4.79 Å². The van der Waals surface area contributed by atoms with Crippen LogP contribution >= 0.6 is 11.3 Å². The molecule has 0 saturated heterocycles. The van der Waals surface area contributed by atoms with Crippen LogP contribution in [-0.4, -0.2) is 17.4 Å². The second-order valence-corrected chi connectivity index (χ2v) is 4.52. The van der Waals surface area contributed by atoms with Gasteiger partial charge in [0.2, 0.25) is 5.91 Å². The Labute approximate surface area is 93.9 Å². The molecule has 0 aliphatic carbocycles. The minimum atomic E-state index is -0.0175. The molecule has 84 valence electrons. The molecule has 0 fully saturated rings. The maximum atomic E-state index is 11.5. The van der Waals surface area contributed by atoms with Gasteiger partial charge in [-0.15, -0.1) is 11.3 Å². The molecule has 15 heavy (non-hydrogen) atoms. The van der Waals surface area contributed by atoms with Crippen LogP contribution in [0.5, 0.6) is 0 Å². The first-order valence-corrected chi connectivity index (χ1v) is 5.90. The van der Waals surface area contributed by atoms with Crippen LogP contribution in [0, 0.1) is 12.8 Å². The van der Waals surface area contributed by atoms with Crippen LogP contribution in [0.4, 0.5) is 0 Å². The maximum Gasteiger partial charge on any atom is 0.223 e. The van der Waals surface area contributed by atoms with Crippen molar-refractivity contribution < 1.29 is 4.79 Å². The molecule has 1 aromatic rings. The highest BCUT2D eigenvalue weighted by atomic mass is 32.1. The molecule has 1 atom stereocenters. The van der Waals surface area contributed by atoms with Crippen LogP contribution in [0.2, 0.25) is 0 Å². The Morgan fingerprint density at radius 2 is 2.47 bits per heavy atom. The minimum absolute atomic E-state index is 0.0175. The zero-order valence-electron chi connectivity index (χ0n) is 9.12. The van der Waals surface area contributed by atoms with Gasteiger partial charge in [-0.1, -0.05) is 6.92 Å². The molecule has 1 aromatic heterocycles. The van der Waals surface area contributed by atoms with E-state index < -0.39 is 0 Å². The number of amides is 1. The highest BCUT2D eigenvalue weighted by Crippen LogP contribution is 2.08. The van der Waals surface area contributed by atoms with Crippen molar-refractivity contribution in [3.8, 4) is 0 Å². The lowest BCUT2D eigenvalue weighted by molar-refractivity contribution is -0.124. The van der Waals surface area contributed by atoms with E-state index in [4.69, 9.17) is 5.73 Å². The summed E-state index contributed by atoms with van der Waals surface area (Å²) in [4.78, 5) is 15.8. The van der Waals surface area contributed by atoms with Gasteiger partial charge in [0.05, 0.1) is 6.54 Å². The molecule has 1 unspecified atom stereocenters. The number of hydrogen-bond donors (Lipinski definition) is 2. The van der Waals surface area contributed by atoms with Crippen LogP contribution in [0.25, 0.3) is 0 Å². The number of thiazole rings is 1. The highest BCUT2D eigenvalue weighted by Gasteiger charge is 2.11. The standard InChI is InChI=1S/C10H17N3OS/c1-7(3-4-11)10(14)12-5-9-13-8(2)6-15-9/h6-7H,3-5,11H2,1-2H3,(H,12,14). The average molecular weight is 227 g/mol. The van der Waals surface area contributed by atoms with E-state index in [0.29, 0.717) is 13.1 Å². The van der Waals surface area contributed by atoms with Gasteiger partial charge in [-0.25, -0.2) is 4.98 Å². The molecule has 0 saturated carbocycles. The van der Waals surface area contributed by atoms with Gasteiger partial charge in [0.25, 0.3) is 0 Å². The van der Waals surface area contributed by atoms with Crippen molar-refractivity contribution >= 4 is 17.2 Å². The van der Waals surface area contributed by atoms with Crippen LogP contribution in [0.1, 0.15) is 24.0 Å². The number of carbonyl (C=O) groups excluding carboxylic acids is 1. The van der Waals surface area contributed by atoms with Crippen molar-refractivity contribution in [2.75, 3.05) is 6.54 Å². The molecular formula is C10H17N3OS. The summed E-state index contributed by atoms with van der Waals surface area (Å²) < 4.78 is 0. The van der Waals surface area contributed by atoms with E-state index in [1.54, 1.807) is 11.3 Å². The molecule has 0 aliphatic rings. The lowest BCUT2D eigenvalue weighted by atomic mass is 10.1. The second-order valence-electron chi connectivity index (χ2n) is 3.58. The summed E-state index contributed by atoms with van der Waals surface area (Å²) in [7, 11) is 0. The first kappa shape index (κ1) is 12.1. The molecular weight excluding hydrogens is 210 g/mol. The Balaban J connectivity index is 2.34. The summed E-state index contributed by atoms with van der Waals surface area (Å²) in [5, 5.41) is 5.77. The second kappa shape index (κ2) is 5.82. The first-order chi connectivity index (χ1) is 7.13. The molecule has 0 aromatic carbocycles. The SMILES string of the molecule is Cc1csc(CNC(=O)C(C)CCN)n1. The van der Waals surface area contributed by atoms with Gasteiger partial charge in [-0.2, -0.15) is 0 Å². The lowest BCUT2D eigenvalue weighted by Gasteiger charge is -2.09.